The van der Waals surface area contributed by atoms with Crippen molar-refractivity contribution in [3.05, 3.63) is 57.8 Å². The first-order chi connectivity index (χ1) is 12.3. The van der Waals surface area contributed by atoms with Gasteiger partial charge in [0.2, 0.25) is 5.91 Å². The van der Waals surface area contributed by atoms with Crippen LogP contribution in [0, 0.1) is 0 Å². The van der Waals surface area contributed by atoms with Crippen LogP contribution in [0.25, 0.3) is 0 Å². The van der Waals surface area contributed by atoms with Crippen molar-refractivity contribution < 1.29 is 4.79 Å². The van der Waals surface area contributed by atoms with Gasteiger partial charge in [0, 0.05) is 19.6 Å². The number of benzene rings is 1. The summed E-state index contributed by atoms with van der Waals surface area (Å²) in [5.74, 6) is 0.787. The zero-order valence-electron chi connectivity index (χ0n) is 14.9. The number of hydrogen-bond donors (Lipinski definition) is 2. The molecule has 1 aromatic carbocycles. The Kier molecular flexibility index (Phi) is 8.37. The van der Waals surface area contributed by atoms with Crippen molar-refractivity contribution in [3.63, 3.8) is 0 Å². The van der Waals surface area contributed by atoms with Crippen LogP contribution < -0.4 is 10.6 Å². The summed E-state index contributed by atoms with van der Waals surface area (Å²) in [6.45, 7) is 5.13. The molecule has 0 fully saturated rings. The van der Waals surface area contributed by atoms with Crippen LogP contribution >= 0.6 is 35.3 Å². The van der Waals surface area contributed by atoms with Crippen molar-refractivity contribution in [2.75, 3.05) is 19.6 Å². The van der Waals surface area contributed by atoms with Gasteiger partial charge in [-0.1, -0.05) is 24.3 Å². The number of fused-ring (bicyclic) bond motifs is 1. The lowest BCUT2D eigenvalue weighted by Gasteiger charge is -2.29. The van der Waals surface area contributed by atoms with Crippen molar-refractivity contribution in [3.8, 4) is 0 Å². The molecule has 2 aromatic rings. The van der Waals surface area contributed by atoms with Gasteiger partial charge in [-0.25, -0.2) is 4.99 Å². The van der Waals surface area contributed by atoms with Crippen LogP contribution in [0.2, 0.25) is 0 Å². The third kappa shape index (κ3) is 5.70. The molecule has 0 saturated heterocycles. The highest BCUT2D eigenvalue weighted by molar-refractivity contribution is 14.0. The SMILES string of the molecule is CCNC(=NCc1ccsc1)NCC(=O)N1CCc2ccccc2C1.I. The van der Waals surface area contributed by atoms with E-state index in [4.69, 9.17) is 0 Å². The molecule has 5 nitrogen and oxygen atoms in total. The second kappa shape index (κ2) is 10.5. The van der Waals surface area contributed by atoms with Gasteiger partial charge in [0.1, 0.15) is 0 Å². The Balaban J connectivity index is 0.00000243. The summed E-state index contributed by atoms with van der Waals surface area (Å²) in [5, 5.41) is 10.5. The summed E-state index contributed by atoms with van der Waals surface area (Å²) in [6, 6.07) is 10.4. The number of nitrogens with one attached hydrogen (secondary N) is 2. The highest BCUT2D eigenvalue weighted by Gasteiger charge is 2.20. The minimum atomic E-state index is 0. The first-order valence-electron chi connectivity index (χ1n) is 8.64. The Hall–Kier alpha value is -1.61. The van der Waals surface area contributed by atoms with Gasteiger partial charge >= 0.3 is 0 Å². The predicted octanol–water partition coefficient (Wildman–Crippen LogP) is 3.01. The molecule has 0 radical (unpaired) electrons. The molecule has 0 bridgehead atoms. The molecule has 2 heterocycles. The van der Waals surface area contributed by atoms with Crippen LogP contribution in [0.4, 0.5) is 0 Å². The highest BCUT2D eigenvalue weighted by atomic mass is 127. The molecule has 1 aromatic heterocycles. The molecule has 140 valence electrons. The minimum Gasteiger partial charge on any atom is -0.357 e. The number of halogens is 1. The fourth-order valence-corrected chi connectivity index (χ4v) is 3.53. The fourth-order valence-electron chi connectivity index (χ4n) is 2.87. The second-order valence-electron chi connectivity index (χ2n) is 6.01. The van der Waals surface area contributed by atoms with Gasteiger partial charge in [0.15, 0.2) is 5.96 Å². The van der Waals surface area contributed by atoms with Crippen molar-refractivity contribution in [1.82, 2.24) is 15.5 Å². The molecule has 3 rings (SSSR count). The fraction of sp³-hybridized carbons (Fsp3) is 0.368. The van der Waals surface area contributed by atoms with E-state index >= 15 is 0 Å². The number of rotatable bonds is 5. The molecule has 1 amide bonds. The van der Waals surface area contributed by atoms with Gasteiger partial charge in [0.05, 0.1) is 13.1 Å². The number of aliphatic imine (C=N–C) groups is 1. The average molecular weight is 484 g/mol. The Morgan fingerprint density at radius 1 is 1.23 bits per heavy atom. The third-order valence-electron chi connectivity index (χ3n) is 4.23. The zero-order valence-corrected chi connectivity index (χ0v) is 18.1. The topological polar surface area (TPSA) is 56.7 Å². The number of carbonyl (C=O) groups is 1. The van der Waals surface area contributed by atoms with Crippen LogP contribution in [0.3, 0.4) is 0 Å². The van der Waals surface area contributed by atoms with Crippen LogP contribution in [-0.4, -0.2) is 36.4 Å². The van der Waals surface area contributed by atoms with E-state index < -0.39 is 0 Å². The second-order valence-corrected chi connectivity index (χ2v) is 6.79. The standard InChI is InChI=1S/C19H24N4OS.HI/c1-2-20-19(21-11-15-8-10-25-14-15)22-12-18(24)23-9-7-16-5-3-4-6-17(16)13-23;/h3-6,8,10,14H,2,7,9,11-13H2,1H3,(H2,20,21,22);1H. The normalized spacial score (nSPS) is 13.6. The number of guanidine groups is 1. The number of carbonyl (C=O) groups excluding carboxylic acids is 1. The molecule has 0 spiro atoms. The van der Waals surface area contributed by atoms with Gasteiger partial charge in [-0.2, -0.15) is 11.3 Å². The van der Waals surface area contributed by atoms with E-state index in [0.29, 0.717) is 19.0 Å². The monoisotopic (exact) mass is 484 g/mol. The Labute approximate surface area is 175 Å². The summed E-state index contributed by atoms with van der Waals surface area (Å²) >= 11 is 1.67. The lowest BCUT2D eigenvalue weighted by molar-refractivity contribution is -0.130. The smallest absolute Gasteiger partial charge is 0.242 e. The van der Waals surface area contributed by atoms with Crippen molar-refractivity contribution in [2.24, 2.45) is 4.99 Å². The highest BCUT2D eigenvalue weighted by Crippen LogP contribution is 2.18. The zero-order chi connectivity index (χ0) is 17.5. The van der Waals surface area contributed by atoms with Gasteiger partial charge in [-0.05, 0) is 46.9 Å². The van der Waals surface area contributed by atoms with Crippen LogP contribution in [0.5, 0.6) is 0 Å². The summed E-state index contributed by atoms with van der Waals surface area (Å²) in [6.07, 6.45) is 0.925. The predicted molar refractivity (Wildman–Crippen MR) is 118 cm³/mol. The van der Waals surface area contributed by atoms with Crippen LogP contribution in [0.15, 0.2) is 46.1 Å². The summed E-state index contributed by atoms with van der Waals surface area (Å²) in [5.41, 5.74) is 3.78. The quantitative estimate of drug-likeness (QED) is 0.390. The van der Waals surface area contributed by atoms with Gasteiger partial charge in [-0.3, -0.25) is 4.79 Å². The lowest BCUT2D eigenvalue weighted by Crippen LogP contribution is -2.45. The molecule has 0 saturated carbocycles. The lowest BCUT2D eigenvalue weighted by atomic mass is 10.00. The number of amides is 1. The Morgan fingerprint density at radius 3 is 2.77 bits per heavy atom. The average Bonchev–Trinajstić information content (AvgIpc) is 3.17. The van der Waals surface area contributed by atoms with E-state index in [0.717, 1.165) is 19.5 Å². The molecule has 0 atom stereocenters. The Morgan fingerprint density at radius 2 is 2.04 bits per heavy atom. The molecule has 0 aliphatic carbocycles. The Bertz CT molecular complexity index is 733. The summed E-state index contributed by atoms with van der Waals surface area (Å²) in [7, 11) is 0. The van der Waals surface area contributed by atoms with Crippen molar-refractivity contribution >= 4 is 47.2 Å². The number of thiophene rings is 1. The van der Waals surface area contributed by atoms with E-state index in [2.05, 4.69) is 45.3 Å². The number of nitrogens with zero attached hydrogens (tertiary/aromatic N) is 2. The van der Waals surface area contributed by atoms with Crippen LogP contribution in [-0.2, 0) is 24.3 Å². The van der Waals surface area contributed by atoms with Gasteiger partial charge < -0.3 is 15.5 Å². The van der Waals surface area contributed by atoms with E-state index in [9.17, 15) is 4.79 Å². The first kappa shape index (κ1) is 20.7. The van der Waals surface area contributed by atoms with E-state index in [1.165, 1.54) is 16.7 Å². The maximum absolute atomic E-state index is 12.5. The van der Waals surface area contributed by atoms with Crippen LogP contribution in [0.1, 0.15) is 23.6 Å². The molecule has 0 unspecified atom stereocenters. The molecule has 26 heavy (non-hydrogen) atoms. The first-order valence-corrected chi connectivity index (χ1v) is 9.58. The summed E-state index contributed by atoms with van der Waals surface area (Å²) < 4.78 is 0. The maximum Gasteiger partial charge on any atom is 0.242 e. The van der Waals surface area contributed by atoms with E-state index in [1.54, 1.807) is 11.3 Å². The molecular formula is C19H25IN4OS. The van der Waals surface area contributed by atoms with Gasteiger partial charge in [-0.15, -0.1) is 24.0 Å². The van der Waals surface area contributed by atoms with Crippen molar-refractivity contribution in [2.45, 2.75) is 26.4 Å². The molecule has 1 aliphatic rings. The largest absolute Gasteiger partial charge is 0.357 e. The maximum atomic E-state index is 12.5. The molecule has 2 N–H and O–H groups in total. The minimum absolute atomic E-state index is 0. The van der Waals surface area contributed by atoms with E-state index in [1.807, 2.05) is 23.3 Å². The third-order valence-corrected chi connectivity index (χ3v) is 4.97. The molecule has 7 heteroatoms. The molecular weight excluding hydrogens is 459 g/mol. The summed E-state index contributed by atoms with van der Waals surface area (Å²) in [4.78, 5) is 19.0. The van der Waals surface area contributed by atoms with Gasteiger partial charge in [0.25, 0.3) is 0 Å². The number of hydrogen-bond acceptors (Lipinski definition) is 3. The molecule has 1 aliphatic heterocycles. The van der Waals surface area contributed by atoms with E-state index in [-0.39, 0.29) is 36.4 Å². The van der Waals surface area contributed by atoms with Crippen molar-refractivity contribution in [1.29, 1.82) is 0 Å².